The molecule has 0 radical (unpaired) electrons. The number of hydrogen-bond acceptors (Lipinski definition) is 4. The fraction of sp³-hybridized carbons (Fsp3) is 0.400. The minimum atomic E-state index is -0.667. The van der Waals surface area contributed by atoms with E-state index in [-0.39, 0.29) is 18.3 Å². The number of amides is 1. The molecule has 0 fully saturated rings. The third-order valence-corrected chi connectivity index (χ3v) is 1.93. The van der Waals surface area contributed by atoms with E-state index in [2.05, 4.69) is 10.3 Å². The second-order valence-electron chi connectivity index (χ2n) is 3.93. The first-order chi connectivity index (χ1) is 6.96. The zero-order valence-corrected chi connectivity index (χ0v) is 8.82. The van der Waals surface area contributed by atoms with Gasteiger partial charge < -0.3 is 16.2 Å². The quantitative estimate of drug-likeness (QED) is 0.662. The lowest BCUT2D eigenvalue weighted by Crippen LogP contribution is -2.46. The van der Waals surface area contributed by atoms with Crippen LogP contribution in [-0.4, -0.2) is 28.1 Å². The Hall–Kier alpha value is -1.62. The average molecular weight is 209 g/mol. The van der Waals surface area contributed by atoms with E-state index in [4.69, 9.17) is 10.8 Å². The van der Waals surface area contributed by atoms with Gasteiger partial charge in [0, 0.05) is 6.20 Å². The Bertz CT molecular complexity index is 363. The summed E-state index contributed by atoms with van der Waals surface area (Å²) in [6.07, 6.45) is 1.52. The van der Waals surface area contributed by atoms with Gasteiger partial charge >= 0.3 is 0 Å². The van der Waals surface area contributed by atoms with E-state index in [0.717, 1.165) is 0 Å². The number of aliphatic hydroxyl groups is 1. The highest BCUT2D eigenvalue weighted by molar-refractivity contribution is 5.98. The predicted octanol–water partition coefficient (Wildman–Crippen LogP) is 0.165. The number of carbonyl (C=O) groups excluding carboxylic acids is 1. The van der Waals surface area contributed by atoms with Crippen LogP contribution in [0.2, 0.25) is 0 Å². The summed E-state index contributed by atoms with van der Waals surface area (Å²) in [7, 11) is 0. The third kappa shape index (κ3) is 2.92. The van der Waals surface area contributed by atoms with Gasteiger partial charge in [0.25, 0.3) is 5.91 Å². The normalized spacial score (nSPS) is 11.1. The van der Waals surface area contributed by atoms with E-state index < -0.39 is 5.54 Å². The molecule has 5 nitrogen and oxygen atoms in total. The number of aliphatic hydroxyl groups excluding tert-OH is 1. The average Bonchev–Trinajstić information content (AvgIpc) is 2.17. The maximum absolute atomic E-state index is 11.7. The van der Waals surface area contributed by atoms with Gasteiger partial charge in [0.2, 0.25) is 0 Å². The molecule has 0 saturated carbocycles. The fourth-order valence-electron chi connectivity index (χ4n) is 1.02. The van der Waals surface area contributed by atoms with Gasteiger partial charge in [0.15, 0.2) is 0 Å². The number of anilines is 1. The number of hydrogen-bond donors (Lipinski definition) is 3. The van der Waals surface area contributed by atoms with E-state index in [1.165, 1.54) is 6.20 Å². The molecule has 1 amide bonds. The van der Waals surface area contributed by atoms with Crippen molar-refractivity contribution in [3.63, 3.8) is 0 Å². The molecule has 0 saturated heterocycles. The molecule has 0 aliphatic carbocycles. The monoisotopic (exact) mass is 209 g/mol. The Balaban J connectivity index is 2.83. The number of nitrogens with zero attached hydrogens (tertiary/aromatic N) is 1. The lowest BCUT2D eigenvalue weighted by atomic mass is 10.1. The van der Waals surface area contributed by atoms with Gasteiger partial charge in [-0.2, -0.15) is 0 Å². The molecule has 5 heteroatoms. The topological polar surface area (TPSA) is 88.2 Å². The molecule has 1 rings (SSSR count). The summed E-state index contributed by atoms with van der Waals surface area (Å²) in [4.78, 5) is 15.5. The van der Waals surface area contributed by atoms with Crippen LogP contribution in [0, 0.1) is 0 Å². The van der Waals surface area contributed by atoms with Crippen LogP contribution in [0.4, 0.5) is 5.82 Å². The van der Waals surface area contributed by atoms with Crippen LogP contribution in [0.1, 0.15) is 24.2 Å². The van der Waals surface area contributed by atoms with Crippen LogP contribution in [0.3, 0.4) is 0 Å². The number of carbonyl (C=O) groups is 1. The summed E-state index contributed by atoms with van der Waals surface area (Å²) in [6.45, 7) is 3.30. The van der Waals surface area contributed by atoms with Crippen LogP contribution in [0.25, 0.3) is 0 Å². The van der Waals surface area contributed by atoms with E-state index >= 15 is 0 Å². The Labute approximate surface area is 88.3 Å². The van der Waals surface area contributed by atoms with Gasteiger partial charge in [-0.15, -0.1) is 0 Å². The second kappa shape index (κ2) is 4.27. The van der Waals surface area contributed by atoms with Crippen molar-refractivity contribution in [1.82, 2.24) is 10.3 Å². The maximum atomic E-state index is 11.7. The Morgan fingerprint density at radius 1 is 1.67 bits per heavy atom. The number of pyridine rings is 1. The molecule has 82 valence electrons. The van der Waals surface area contributed by atoms with Crippen LogP contribution < -0.4 is 11.1 Å². The van der Waals surface area contributed by atoms with Crippen LogP contribution in [0.5, 0.6) is 0 Å². The van der Waals surface area contributed by atoms with Crippen molar-refractivity contribution in [2.45, 2.75) is 19.4 Å². The number of nitrogens with two attached hydrogens (primary N) is 1. The molecule has 0 aliphatic rings. The third-order valence-electron chi connectivity index (χ3n) is 1.93. The first-order valence-electron chi connectivity index (χ1n) is 4.60. The van der Waals surface area contributed by atoms with Crippen molar-refractivity contribution in [2.75, 3.05) is 12.3 Å². The molecular weight excluding hydrogens is 194 g/mol. The zero-order valence-electron chi connectivity index (χ0n) is 8.82. The van der Waals surface area contributed by atoms with Crippen LogP contribution in [0.15, 0.2) is 18.3 Å². The van der Waals surface area contributed by atoms with E-state index in [0.29, 0.717) is 5.56 Å². The number of nitrogen functional groups attached to an aromatic ring is 1. The van der Waals surface area contributed by atoms with Crippen molar-refractivity contribution < 1.29 is 9.90 Å². The lowest BCUT2D eigenvalue weighted by molar-refractivity contribution is 0.0870. The predicted molar refractivity (Wildman–Crippen MR) is 57.3 cm³/mol. The van der Waals surface area contributed by atoms with Crippen molar-refractivity contribution >= 4 is 11.7 Å². The Morgan fingerprint density at radius 2 is 2.33 bits per heavy atom. The molecule has 0 atom stereocenters. The first kappa shape index (κ1) is 11.5. The Morgan fingerprint density at radius 3 is 2.87 bits per heavy atom. The number of aromatic nitrogens is 1. The van der Waals surface area contributed by atoms with E-state index in [1.54, 1.807) is 26.0 Å². The standard InChI is InChI=1S/C10H15N3O2/c1-10(2,6-14)13-9(15)7-4-3-5-12-8(7)11/h3-5,14H,6H2,1-2H3,(H2,11,12)(H,13,15). The maximum Gasteiger partial charge on any atom is 0.255 e. The molecule has 0 aliphatic heterocycles. The first-order valence-corrected chi connectivity index (χ1v) is 4.60. The molecule has 0 spiro atoms. The second-order valence-corrected chi connectivity index (χ2v) is 3.93. The van der Waals surface area contributed by atoms with Crippen LogP contribution >= 0.6 is 0 Å². The molecule has 1 heterocycles. The summed E-state index contributed by atoms with van der Waals surface area (Å²) in [5.41, 5.74) is 5.20. The molecule has 15 heavy (non-hydrogen) atoms. The summed E-state index contributed by atoms with van der Waals surface area (Å²) in [5.74, 6) is -0.150. The molecular formula is C10H15N3O2. The summed E-state index contributed by atoms with van der Waals surface area (Å²) in [6, 6.07) is 3.22. The highest BCUT2D eigenvalue weighted by Crippen LogP contribution is 2.09. The van der Waals surface area contributed by atoms with Gasteiger partial charge in [0.1, 0.15) is 5.82 Å². The van der Waals surface area contributed by atoms with Crippen molar-refractivity contribution in [1.29, 1.82) is 0 Å². The minimum absolute atomic E-state index is 0.140. The van der Waals surface area contributed by atoms with Gasteiger partial charge in [-0.05, 0) is 26.0 Å². The summed E-state index contributed by atoms with van der Waals surface area (Å²) < 4.78 is 0. The van der Waals surface area contributed by atoms with Crippen molar-refractivity contribution in [3.8, 4) is 0 Å². The molecule has 0 aromatic carbocycles. The van der Waals surface area contributed by atoms with Crippen molar-refractivity contribution in [2.24, 2.45) is 0 Å². The molecule has 4 N–H and O–H groups in total. The SMILES string of the molecule is CC(C)(CO)NC(=O)c1cccnc1N. The molecule has 0 bridgehead atoms. The molecule has 1 aromatic heterocycles. The fourth-order valence-corrected chi connectivity index (χ4v) is 1.02. The summed E-state index contributed by atoms with van der Waals surface area (Å²) >= 11 is 0. The van der Waals surface area contributed by atoms with E-state index in [9.17, 15) is 4.79 Å². The minimum Gasteiger partial charge on any atom is -0.394 e. The van der Waals surface area contributed by atoms with Gasteiger partial charge in [0.05, 0.1) is 17.7 Å². The largest absolute Gasteiger partial charge is 0.394 e. The zero-order chi connectivity index (χ0) is 11.5. The van der Waals surface area contributed by atoms with Crippen molar-refractivity contribution in [3.05, 3.63) is 23.9 Å². The number of nitrogens with one attached hydrogen (secondary N) is 1. The van der Waals surface area contributed by atoms with Gasteiger partial charge in [-0.1, -0.05) is 0 Å². The van der Waals surface area contributed by atoms with Gasteiger partial charge in [-0.3, -0.25) is 4.79 Å². The highest BCUT2D eigenvalue weighted by atomic mass is 16.3. The smallest absolute Gasteiger partial charge is 0.255 e. The van der Waals surface area contributed by atoms with Crippen LogP contribution in [-0.2, 0) is 0 Å². The molecule has 1 aromatic rings. The molecule has 0 unspecified atom stereocenters. The van der Waals surface area contributed by atoms with E-state index in [1.807, 2.05) is 0 Å². The highest BCUT2D eigenvalue weighted by Gasteiger charge is 2.21. The lowest BCUT2D eigenvalue weighted by Gasteiger charge is -2.23. The number of rotatable bonds is 3. The van der Waals surface area contributed by atoms with Gasteiger partial charge in [-0.25, -0.2) is 4.98 Å². The Kier molecular flexibility index (Phi) is 3.26. The summed E-state index contributed by atoms with van der Waals surface area (Å²) in [5, 5.41) is 11.7.